The van der Waals surface area contributed by atoms with Crippen molar-refractivity contribution >= 4 is 34.2 Å². The molecule has 0 spiro atoms. The van der Waals surface area contributed by atoms with Crippen LogP contribution in [0.15, 0.2) is 72.8 Å². The maximum absolute atomic E-state index is 2.31. The second-order valence-corrected chi connectivity index (χ2v) is 7.90. The van der Waals surface area contributed by atoms with Crippen molar-refractivity contribution in [1.82, 2.24) is 0 Å². The maximum Gasteiger partial charge on any atom is 0.0450 e. The first-order valence-electron chi connectivity index (χ1n) is 7.52. The van der Waals surface area contributed by atoms with Crippen LogP contribution in [-0.4, -0.2) is 14.1 Å². The van der Waals surface area contributed by atoms with Crippen molar-refractivity contribution in [3.8, 4) is 5.30 Å². The Bertz CT molecular complexity index is 951. The summed E-state index contributed by atoms with van der Waals surface area (Å²) in [6.45, 7) is 0. The summed E-state index contributed by atoms with van der Waals surface area (Å²) >= 11 is 0. The molecule has 0 N–H and O–H groups in total. The van der Waals surface area contributed by atoms with E-state index in [1.54, 1.807) is 0 Å². The summed E-state index contributed by atoms with van der Waals surface area (Å²) in [4.78, 5) is 2.22. The maximum atomic E-state index is 2.31. The molecule has 2 heteroatoms. The fourth-order valence-electron chi connectivity index (χ4n) is 3.23. The van der Waals surface area contributed by atoms with Crippen LogP contribution >= 0.6 is 7.53 Å². The summed E-state index contributed by atoms with van der Waals surface area (Å²) in [6, 6.07) is 26.5. The predicted molar refractivity (Wildman–Crippen MR) is 99.8 cm³/mol. The molecule has 1 heterocycles. The summed E-state index contributed by atoms with van der Waals surface area (Å²) in [7, 11) is 3.81. The van der Waals surface area contributed by atoms with Gasteiger partial charge in [0.1, 0.15) is 0 Å². The Hall–Kier alpha value is -2.24. The molecule has 108 valence electrons. The molecule has 1 unspecified atom stereocenters. The minimum atomic E-state index is -0.440. The van der Waals surface area contributed by atoms with Crippen molar-refractivity contribution < 1.29 is 0 Å². The van der Waals surface area contributed by atoms with Crippen LogP contribution in [-0.2, 0) is 0 Å². The van der Waals surface area contributed by atoms with Crippen LogP contribution in [0, 0.1) is 0 Å². The molecule has 4 aromatic rings. The quantitative estimate of drug-likeness (QED) is 0.436. The third-order valence-corrected chi connectivity index (χ3v) is 6.71. The average molecular weight is 303 g/mol. The van der Waals surface area contributed by atoms with Gasteiger partial charge in [0.05, 0.1) is 0 Å². The van der Waals surface area contributed by atoms with E-state index in [0.717, 1.165) is 0 Å². The van der Waals surface area contributed by atoms with Crippen molar-refractivity contribution in [2.24, 2.45) is 0 Å². The molecule has 0 saturated heterocycles. The second kappa shape index (κ2) is 5.19. The third-order valence-electron chi connectivity index (χ3n) is 4.17. The number of hydrogen-bond acceptors (Lipinski definition) is 1. The molecule has 3 aromatic carbocycles. The summed E-state index contributed by atoms with van der Waals surface area (Å²) in [5.74, 6) is 0. The Labute approximate surface area is 131 Å². The molecule has 0 saturated carbocycles. The Balaban J connectivity index is 2.22. The van der Waals surface area contributed by atoms with Crippen LogP contribution < -0.4 is 4.90 Å². The minimum Gasteiger partial charge on any atom is -0.377 e. The van der Waals surface area contributed by atoms with E-state index in [-0.39, 0.29) is 0 Å². The lowest BCUT2D eigenvalue weighted by atomic mass is 10.1. The van der Waals surface area contributed by atoms with Gasteiger partial charge in [-0.3, -0.25) is 0 Å². The highest BCUT2D eigenvalue weighted by molar-refractivity contribution is 7.68. The van der Waals surface area contributed by atoms with E-state index in [4.69, 9.17) is 0 Å². The molecule has 0 radical (unpaired) electrons. The van der Waals surface area contributed by atoms with E-state index < -0.39 is 7.53 Å². The molecular weight excluding hydrogens is 285 g/mol. The standard InChI is InChI=1S/C20H18NP/c1-21(2)17-12-8-14-19-20(17)16-11-6-7-13-18(16)22(19)15-9-4-3-5-10-15/h3-14H,1-2H3. The molecule has 0 fully saturated rings. The predicted octanol–water partition coefficient (Wildman–Crippen LogP) is 6.03. The Morgan fingerprint density at radius 1 is 0.682 bits per heavy atom. The number of rotatable bonds is 2. The molecule has 0 aliphatic heterocycles. The number of nitrogens with zero attached hydrogens (tertiary/aromatic N) is 1. The van der Waals surface area contributed by atoms with E-state index in [1.807, 2.05) is 0 Å². The molecule has 0 aliphatic rings. The van der Waals surface area contributed by atoms with Gasteiger partial charge in [-0.05, 0) is 22.8 Å². The Morgan fingerprint density at radius 3 is 2.14 bits per heavy atom. The zero-order valence-corrected chi connectivity index (χ0v) is 13.7. The molecule has 0 aliphatic carbocycles. The van der Waals surface area contributed by atoms with Gasteiger partial charge >= 0.3 is 0 Å². The van der Waals surface area contributed by atoms with Gasteiger partial charge in [-0.2, -0.15) is 0 Å². The van der Waals surface area contributed by atoms with Gasteiger partial charge in [0.2, 0.25) is 0 Å². The molecular formula is C20H18NP. The van der Waals surface area contributed by atoms with E-state index in [9.17, 15) is 0 Å². The molecule has 1 nitrogen and oxygen atoms in total. The normalized spacial score (nSPS) is 12.0. The monoisotopic (exact) mass is 303 g/mol. The lowest BCUT2D eigenvalue weighted by molar-refractivity contribution is 1.14. The van der Waals surface area contributed by atoms with Crippen molar-refractivity contribution in [2.45, 2.75) is 0 Å². The SMILES string of the molecule is CN(C)c1cccc2c1c1ccccc1p2-c1ccccc1. The summed E-state index contributed by atoms with van der Waals surface area (Å²) < 4.78 is 0. The van der Waals surface area contributed by atoms with Crippen LogP contribution in [0.25, 0.3) is 26.3 Å². The average Bonchev–Trinajstić information content (AvgIpc) is 2.90. The Morgan fingerprint density at radius 2 is 1.36 bits per heavy atom. The number of hydrogen-bond donors (Lipinski definition) is 0. The van der Waals surface area contributed by atoms with Crippen LogP contribution in [0.3, 0.4) is 0 Å². The third kappa shape index (κ3) is 1.94. The van der Waals surface area contributed by atoms with Gasteiger partial charge in [0.15, 0.2) is 0 Å². The summed E-state index contributed by atoms with van der Waals surface area (Å²) in [5, 5.41) is 7.20. The number of anilines is 1. The van der Waals surface area contributed by atoms with Crippen molar-refractivity contribution in [1.29, 1.82) is 0 Å². The molecule has 1 aromatic heterocycles. The van der Waals surface area contributed by atoms with E-state index >= 15 is 0 Å². The fourth-order valence-corrected chi connectivity index (χ4v) is 5.87. The number of fused-ring (bicyclic) bond motifs is 3. The van der Waals surface area contributed by atoms with Gasteiger partial charge in [-0.25, -0.2) is 0 Å². The van der Waals surface area contributed by atoms with Gasteiger partial charge in [-0.15, -0.1) is 0 Å². The first-order chi connectivity index (χ1) is 10.8. The smallest absolute Gasteiger partial charge is 0.0450 e. The lowest BCUT2D eigenvalue weighted by Crippen LogP contribution is -2.08. The highest BCUT2D eigenvalue weighted by atomic mass is 31.1. The van der Waals surface area contributed by atoms with E-state index in [0.29, 0.717) is 0 Å². The number of benzene rings is 3. The highest BCUT2D eigenvalue weighted by Crippen LogP contribution is 2.56. The van der Waals surface area contributed by atoms with E-state index in [1.165, 1.54) is 32.0 Å². The molecule has 0 amide bonds. The minimum absolute atomic E-state index is 0.440. The van der Waals surface area contributed by atoms with Gasteiger partial charge in [-0.1, -0.05) is 68.2 Å². The zero-order valence-electron chi connectivity index (χ0n) is 12.8. The summed E-state index contributed by atoms with van der Waals surface area (Å²) in [5.41, 5.74) is 1.31. The zero-order chi connectivity index (χ0) is 15.1. The van der Waals surface area contributed by atoms with Crippen LogP contribution in [0.4, 0.5) is 5.69 Å². The van der Waals surface area contributed by atoms with Gasteiger partial charge in [0, 0.05) is 35.4 Å². The van der Waals surface area contributed by atoms with Crippen LogP contribution in [0.5, 0.6) is 0 Å². The molecule has 4 rings (SSSR count). The molecule has 22 heavy (non-hydrogen) atoms. The second-order valence-electron chi connectivity index (χ2n) is 5.75. The van der Waals surface area contributed by atoms with Crippen LogP contribution in [0.2, 0.25) is 0 Å². The van der Waals surface area contributed by atoms with E-state index in [2.05, 4.69) is 91.8 Å². The van der Waals surface area contributed by atoms with Crippen molar-refractivity contribution in [3.05, 3.63) is 72.8 Å². The summed E-state index contributed by atoms with van der Waals surface area (Å²) in [6.07, 6.45) is 0. The van der Waals surface area contributed by atoms with Gasteiger partial charge < -0.3 is 4.90 Å². The first kappa shape index (κ1) is 13.4. The largest absolute Gasteiger partial charge is 0.377 e. The molecule has 1 atom stereocenters. The first-order valence-corrected chi connectivity index (χ1v) is 8.86. The highest BCUT2D eigenvalue weighted by Gasteiger charge is 2.15. The topological polar surface area (TPSA) is 3.24 Å². The lowest BCUT2D eigenvalue weighted by Gasteiger charge is -2.14. The van der Waals surface area contributed by atoms with Gasteiger partial charge in [0.25, 0.3) is 0 Å². The fraction of sp³-hybridized carbons (Fsp3) is 0.100. The Kier molecular flexibility index (Phi) is 3.17. The van der Waals surface area contributed by atoms with Crippen LogP contribution in [0.1, 0.15) is 0 Å². The van der Waals surface area contributed by atoms with Crippen molar-refractivity contribution in [2.75, 3.05) is 19.0 Å². The molecule has 0 bridgehead atoms. The van der Waals surface area contributed by atoms with Crippen molar-refractivity contribution in [3.63, 3.8) is 0 Å².